The Hall–Kier alpha value is -0.580. The first-order valence-electron chi connectivity index (χ1n) is 6.58. The summed E-state index contributed by atoms with van der Waals surface area (Å²) in [5.41, 5.74) is 0.637. The summed E-state index contributed by atoms with van der Waals surface area (Å²) < 4.78 is 0.737. The van der Waals surface area contributed by atoms with Crippen LogP contribution in [-0.4, -0.2) is 36.5 Å². The molecule has 1 amide bonds. The lowest BCUT2D eigenvalue weighted by molar-refractivity contribution is 0.0905. The minimum atomic E-state index is -0.0357. The molecule has 19 heavy (non-hydrogen) atoms. The number of nitrogens with zero attached hydrogens (tertiary/aromatic N) is 1. The van der Waals surface area contributed by atoms with Gasteiger partial charge in [-0.15, -0.1) is 0 Å². The fourth-order valence-corrected chi connectivity index (χ4v) is 3.26. The molecule has 1 saturated heterocycles. The molecule has 0 aromatic heterocycles. The van der Waals surface area contributed by atoms with E-state index in [9.17, 15) is 4.79 Å². The van der Waals surface area contributed by atoms with Gasteiger partial charge in [-0.3, -0.25) is 4.79 Å². The van der Waals surface area contributed by atoms with Gasteiger partial charge in [0.05, 0.1) is 5.56 Å². The average molecular weight is 346 g/mol. The Balaban J connectivity index is 2.00. The number of benzene rings is 1. The third-order valence-corrected chi connectivity index (χ3v) is 4.35. The number of piperidine rings is 1. The van der Waals surface area contributed by atoms with Crippen LogP contribution in [0.1, 0.15) is 30.1 Å². The second-order valence-electron chi connectivity index (χ2n) is 4.83. The monoisotopic (exact) mass is 344 g/mol. The number of carbonyl (C=O) groups is 1. The van der Waals surface area contributed by atoms with Crippen molar-refractivity contribution in [2.75, 3.05) is 19.6 Å². The van der Waals surface area contributed by atoms with E-state index in [0.717, 1.165) is 36.9 Å². The summed E-state index contributed by atoms with van der Waals surface area (Å²) in [6.07, 6.45) is 2.19. The summed E-state index contributed by atoms with van der Waals surface area (Å²) in [7, 11) is 0. The molecule has 0 saturated carbocycles. The van der Waals surface area contributed by atoms with Crippen molar-refractivity contribution >= 4 is 33.4 Å². The number of carbonyl (C=O) groups excluding carboxylic acids is 1. The van der Waals surface area contributed by atoms with Crippen LogP contribution in [0, 0.1) is 0 Å². The number of nitrogens with one attached hydrogen (secondary N) is 1. The maximum Gasteiger partial charge on any atom is 0.252 e. The Morgan fingerprint density at radius 1 is 1.58 bits per heavy atom. The maximum atomic E-state index is 12.2. The lowest BCUT2D eigenvalue weighted by Crippen LogP contribution is -2.47. The molecular formula is C14H18BrClN2O. The highest BCUT2D eigenvalue weighted by atomic mass is 79.9. The fraction of sp³-hybridized carbons (Fsp3) is 0.500. The molecule has 1 fully saturated rings. The van der Waals surface area contributed by atoms with Crippen molar-refractivity contribution < 1.29 is 4.79 Å². The first-order valence-corrected chi connectivity index (χ1v) is 7.75. The molecule has 1 N–H and O–H groups in total. The van der Waals surface area contributed by atoms with Gasteiger partial charge in [0.25, 0.3) is 5.91 Å². The molecule has 1 aliphatic rings. The van der Waals surface area contributed by atoms with Gasteiger partial charge >= 0.3 is 0 Å². The highest BCUT2D eigenvalue weighted by Gasteiger charge is 2.21. The zero-order chi connectivity index (χ0) is 13.8. The van der Waals surface area contributed by atoms with E-state index in [1.807, 2.05) is 0 Å². The Labute approximate surface area is 127 Å². The highest BCUT2D eigenvalue weighted by molar-refractivity contribution is 9.10. The molecule has 0 bridgehead atoms. The van der Waals surface area contributed by atoms with Crippen LogP contribution in [-0.2, 0) is 0 Å². The summed E-state index contributed by atoms with van der Waals surface area (Å²) in [5, 5.41) is 3.73. The Kier molecular flexibility index (Phi) is 5.25. The van der Waals surface area contributed by atoms with Crippen molar-refractivity contribution in [2.45, 2.75) is 25.8 Å². The molecule has 1 atom stereocenters. The standard InChI is InChI=1S/C14H18BrClN2O/c1-2-18-7-3-4-11(9-18)17-14(19)12-6-5-10(16)8-13(12)15/h5-6,8,11H,2-4,7,9H2,1H3,(H,17,19). The average Bonchev–Trinajstić information content (AvgIpc) is 2.38. The third kappa shape index (κ3) is 3.94. The first-order chi connectivity index (χ1) is 9.10. The van der Waals surface area contributed by atoms with Gasteiger partial charge in [-0.1, -0.05) is 18.5 Å². The fourth-order valence-electron chi connectivity index (χ4n) is 2.40. The molecule has 1 heterocycles. The van der Waals surface area contributed by atoms with Crippen molar-refractivity contribution in [1.29, 1.82) is 0 Å². The van der Waals surface area contributed by atoms with Crippen LogP contribution >= 0.6 is 27.5 Å². The van der Waals surface area contributed by atoms with Crippen LogP contribution in [0.2, 0.25) is 5.02 Å². The summed E-state index contributed by atoms with van der Waals surface area (Å²) in [5.74, 6) is -0.0357. The van der Waals surface area contributed by atoms with Crippen molar-refractivity contribution in [3.05, 3.63) is 33.3 Å². The van der Waals surface area contributed by atoms with Crippen LogP contribution in [0.25, 0.3) is 0 Å². The normalized spacial score (nSPS) is 20.3. The minimum Gasteiger partial charge on any atom is -0.348 e. The van der Waals surface area contributed by atoms with Crippen molar-refractivity contribution in [3.8, 4) is 0 Å². The van der Waals surface area contributed by atoms with E-state index < -0.39 is 0 Å². The van der Waals surface area contributed by atoms with E-state index in [4.69, 9.17) is 11.6 Å². The molecule has 2 rings (SSSR count). The Bertz CT molecular complexity index is 467. The molecule has 0 spiro atoms. The lowest BCUT2D eigenvalue weighted by atomic mass is 10.1. The number of rotatable bonds is 3. The van der Waals surface area contributed by atoms with E-state index in [-0.39, 0.29) is 11.9 Å². The van der Waals surface area contributed by atoms with Gasteiger partial charge in [-0.25, -0.2) is 0 Å². The molecule has 104 valence electrons. The van der Waals surface area contributed by atoms with Gasteiger partial charge in [0.2, 0.25) is 0 Å². The molecular weight excluding hydrogens is 328 g/mol. The van der Waals surface area contributed by atoms with Crippen LogP contribution in [0.4, 0.5) is 0 Å². The maximum absolute atomic E-state index is 12.2. The predicted octanol–water partition coefficient (Wildman–Crippen LogP) is 3.32. The zero-order valence-corrected chi connectivity index (χ0v) is 13.3. The van der Waals surface area contributed by atoms with Gasteiger partial charge in [-0.2, -0.15) is 0 Å². The lowest BCUT2D eigenvalue weighted by Gasteiger charge is -2.32. The molecule has 1 unspecified atom stereocenters. The third-order valence-electron chi connectivity index (χ3n) is 3.46. The second kappa shape index (κ2) is 6.73. The van der Waals surface area contributed by atoms with Gasteiger partial charge in [0.1, 0.15) is 0 Å². The number of halogens is 2. The quantitative estimate of drug-likeness (QED) is 0.911. The number of hydrogen-bond acceptors (Lipinski definition) is 2. The number of likely N-dealkylation sites (N-methyl/N-ethyl adjacent to an activating group) is 1. The largest absolute Gasteiger partial charge is 0.348 e. The number of hydrogen-bond donors (Lipinski definition) is 1. The molecule has 1 aromatic carbocycles. The van der Waals surface area contributed by atoms with Gasteiger partial charge < -0.3 is 10.2 Å². The summed E-state index contributed by atoms with van der Waals surface area (Å²) >= 11 is 9.27. The topological polar surface area (TPSA) is 32.3 Å². The summed E-state index contributed by atoms with van der Waals surface area (Å²) in [6, 6.07) is 5.47. The van der Waals surface area contributed by atoms with Crippen LogP contribution in [0.15, 0.2) is 22.7 Å². The van der Waals surface area contributed by atoms with E-state index in [1.54, 1.807) is 18.2 Å². The predicted molar refractivity (Wildman–Crippen MR) is 81.8 cm³/mol. The van der Waals surface area contributed by atoms with E-state index in [2.05, 4.69) is 33.1 Å². The molecule has 1 aromatic rings. The highest BCUT2D eigenvalue weighted by Crippen LogP contribution is 2.22. The van der Waals surface area contributed by atoms with E-state index in [0.29, 0.717) is 10.6 Å². The van der Waals surface area contributed by atoms with E-state index in [1.165, 1.54) is 0 Å². The van der Waals surface area contributed by atoms with Crippen molar-refractivity contribution in [1.82, 2.24) is 10.2 Å². The molecule has 5 heteroatoms. The van der Waals surface area contributed by atoms with Crippen molar-refractivity contribution in [2.24, 2.45) is 0 Å². The molecule has 0 aliphatic carbocycles. The van der Waals surface area contributed by atoms with Crippen LogP contribution < -0.4 is 5.32 Å². The Morgan fingerprint density at radius 3 is 3.05 bits per heavy atom. The molecule has 1 aliphatic heterocycles. The van der Waals surface area contributed by atoms with Gasteiger partial charge in [-0.05, 0) is 60.1 Å². The second-order valence-corrected chi connectivity index (χ2v) is 6.12. The number of likely N-dealkylation sites (tertiary alicyclic amines) is 1. The smallest absolute Gasteiger partial charge is 0.252 e. The van der Waals surface area contributed by atoms with E-state index >= 15 is 0 Å². The zero-order valence-electron chi connectivity index (χ0n) is 11.0. The summed E-state index contributed by atoms with van der Waals surface area (Å²) in [4.78, 5) is 14.6. The summed E-state index contributed by atoms with van der Waals surface area (Å²) in [6.45, 7) is 5.26. The molecule has 0 radical (unpaired) electrons. The molecule has 3 nitrogen and oxygen atoms in total. The van der Waals surface area contributed by atoms with Crippen molar-refractivity contribution in [3.63, 3.8) is 0 Å². The van der Waals surface area contributed by atoms with Crippen LogP contribution in [0.5, 0.6) is 0 Å². The Morgan fingerprint density at radius 2 is 2.37 bits per heavy atom. The number of amides is 1. The van der Waals surface area contributed by atoms with Crippen LogP contribution in [0.3, 0.4) is 0 Å². The van der Waals surface area contributed by atoms with Gasteiger partial charge in [0.15, 0.2) is 0 Å². The first kappa shape index (κ1) is 14.8. The minimum absolute atomic E-state index is 0.0357. The van der Waals surface area contributed by atoms with Gasteiger partial charge in [0, 0.05) is 22.1 Å². The SMILES string of the molecule is CCN1CCCC(NC(=O)c2ccc(Cl)cc2Br)C1.